The van der Waals surface area contributed by atoms with Gasteiger partial charge in [0.05, 0.1) is 23.0 Å². The molecular weight excluding hydrogens is 652 g/mol. The zero-order chi connectivity index (χ0) is 31.3. The third-order valence-electron chi connectivity index (χ3n) is 8.56. The Labute approximate surface area is 296 Å². The first-order chi connectivity index (χ1) is 22.7. The molecule has 0 unspecified atom stereocenters. The van der Waals surface area contributed by atoms with Crippen LogP contribution in [0.4, 0.5) is 0 Å². The van der Waals surface area contributed by atoms with Gasteiger partial charge in [-0.3, -0.25) is 0 Å². The van der Waals surface area contributed by atoms with Gasteiger partial charge in [0, 0.05) is 12.8 Å². The summed E-state index contributed by atoms with van der Waals surface area (Å²) in [5.41, 5.74) is 7.36. The third-order valence-corrected chi connectivity index (χ3v) is 8.56. The zero-order valence-electron chi connectivity index (χ0n) is 27.0. The minimum absolute atomic E-state index is 0. The Morgan fingerprint density at radius 3 is 1.30 bits per heavy atom. The number of aryl methyl sites for hydroxylation is 2. The van der Waals surface area contributed by atoms with Crippen molar-refractivity contribution in [1.29, 1.82) is 0 Å². The van der Waals surface area contributed by atoms with Crippen molar-refractivity contribution in [3.05, 3.63) is 157 Å². The van der Waals surface area contributed by atoms with Crippen LogP contribution in [-0.2, 0) is 39.0 Å². The van der Waals surface area contributed by atoms with Gasteiger partial charge in [-0.25, -0.2) is 0 Å². The second-order valence-corrected chi connectivity index (χ2v) is 11.9. The minimum Gasteiger partial charge on any atom is -0.496 e. The predicted octanol–water partition coefficient (Wildman–Crippen LogP) is 12.9. The fraction of sp³-hybridized carbons (Fsp3) is 0.136. The number of hydrogen-bond donors (Lipinski definition) is 0. The third kappa shape index (κ3) is 7.12. The van der Waals surface area contributed by atoms with Crippen LogP contribution in [-0.4, -0.2) is 0 Å². The average molecular weight is 690 g/mol. The van der Waals surface area contributed by atoms with Crippen molar-refractivity contribution >= 4 is 21.5 Å². The molecule has 0 saturated carbocycles. The molecule has 230 valence electrons. The van der Waals surface area contributed by atoms with E-state index in [9.17, 15) is 0 Å². The maximum Gasteiger partial charge on any atom is 2.00 e. The van der Waals surface area contributed by atoms with Crippen LogP contribution >= 0.6 is 0 Å². The molecule has 0 atom stereocenters. The Balaban J connectivity index is 0.000000161. The predicted molar refractivity (Wildman–Crippen MR) is 193 cm³/mol. The summed E-state index contributed by atoms with van der Waals surface area (Å²) < 4.78 is 12.0. The first-order valence-electron chi connectivity index (χ1n) is 16.4. The summed E-state index contributed by atoms with van der Waals surface area (Å²) in [6.45, 7) is 4.34. The SMILES string of the molecule is CCCc1ccc(-c2cc3c(-c4ccccc4)cccc3[cH-]2)o1.CCCc1ccc(-c2cc3c(-c4ccccc4)cccc3[cH-]2)o1.[Zr+2]. The van der Waals surface area contributed by atoms with Crippen LogP contribution in [0.15, 0.2) is 154 Å². The van der Waals surface area contributed by atoms with Crippen LogP contribution in [0.2, 0.25) is 0 Å². The van der Waals surface area contributed by atoms with Crippen LogP contribution in [0.1, 0.15) is 38.2 Å². The molecule has 8 rings (SSSR count). The van der Waals surface area contributed by atoms with Gasteiger partial charge in [-0.05, 0) is 48.2 Å². The molecule has 0 N–H and O–H groups in total. The van der Waals surface area contributed by atoms with Crippen LogP contribution in [0, 0.1) is 0 Å². The molecule has 0 aliphatic rings. The van der Waals surface area contributed by atoms with E-state index in [-0.39, 0.29) is 26.2 Å². The van der Waals surface area contributed by atoms with Crippen molar-refractivity contribution in [3.8, 4) is 44.9 Å². The fourth-order valence-electron chi connectivity index (χ4n) is 6.32. The Morgan fingerprint density at radius 2 is 0.894 bits per heavy atom. The van der Waals surface area contributed by atoms with E-state index >= 15 is 0 Å². The van der Waals surface area contributed by atoms with Gasteiger partial charge in [0.1, 0.15) is 0 Å². The molecule has 0 fully saturated rings. The number of fused-ring (bicyclic) bond motifs is 2. The summed E-state index contributed by atoms with van der Waals surface area (Å²) in [6, 6.07) is 51.3. The standard InChI is InChI=1S/2C22H19O.Zr/c2*1-2-7-19-12-13-22(23-19)18-14-17-10-6-11-20(21(17)15-18)16-8-4-3-5-9-16;/h2*3-6,8-15H,2,7H2,1H3;/q2*-1;+2. The van der Waals surface area contributed by atoms with Gasteiger partial charge < -0.3 is 8.83 Å². The van der Waals surface area contributed by atoms with Gasteiger partial charge in [-0.15, -0.1) is 57.9 Å². The van der Waals surface area contributed by atoms with Gasteiger partial charge in [0.15, 0.2) is 0 Å². The first-order valence-corrected chi connectivity index (χ1v) is 16.4. The molecular formula is C44H38O2Zr. The van der Waals surface area contributed by atoms with Gasteiger partial charge in [-0.2, -0.15) is 0 Å². The van der Waals surface area contributed by atoms with Crippen molar-refractivity contribution in [2.24, 2.45) is 0 Å². The number of furan rings is 2. The Bertz CT molecular complexity index is 2010. The topological polar surface area (TPSA) is 26.3 Å². The smallest absolute Gasteiger partial charge is 0.496 e. The monoisotopic (exact) mass is 688 g/mol. The van der Waals surface area contributed by atoms with E-state index < -0.39 is 0 Å². The Kier molecular flexibility index (Phi) is 10.3. The van der Waals surface area contributed by atoms with E-state index in [1.54, 1.807) is 0 Å². The molecule has 8 aromatic rings. The van der Waals surface area contributed by atoms with Crippen LogP contribution in [0.5, 0.6) is 0 Å². The second kappa shape index (κ2) is 15.0. The van der Waals surface area contributed by atoms with E-state index in [1.165, 1.54) is 43.8 Å². The van der Waals surface area contributed by atoms with Crippen LogP contribution in [0.25, 0.3) is 66.4 Å². The summed E-state index contributed by atoms with van der Waals surface area (Å²) in [4.78, 5) is 0. The Hall–Kier alpha value is -4.46. The fourth-order valence-corrected chi connectivity index (χ4v) is 6.32. The summed E-state index contributed by atoms with van der Waals surface area (Å²) in [5.74, 6) is 4.06. The molecule has 0 amide bonds. The first kappa shape index (κ1) is 32.5. The molecule has 47 heavy (non-hydrogen) atoms. The molecule has 2 nitrogen and oxygen atoms in total. The summed E-state index contributed by atoms with van der Waals surface area (Å²) >= 11 is 0. The maximum absolute atomic E-state index is 5.99. The van der Waals surface area contributed by atoms with Crippen molar-refractivity contribution in [2.75, 3.05) is 0 Å². The van der Waals surface area contributed by atoms with Gasteiger partial charge in [0.25, 0.3) is 0 Å². The molecule has 3 heteroatoms. The van der Waals surface area contributed by atoms with Crippen molar-refractivity contribution in [2.45, 2.75) is 39.5 Å². The van der Waals surface area contributed by atoms with Crippen molar-refractivity contribution in [1.82, 2.24) is 0 Å². The number of rotatable bonds is 8. The average Bonchev–Trinajstić information content (AvgIpc) is 3.91. The largest absolute Gasteiger partial charge is 2.00 e. The molecule has 0 aliphatic heterocycles. The molecule has 2 aromatic heterocycles. The quantitative estimate of drug-likeness (QED) is 0.148. The van der Waals surface area contributed by atoms with E-state index in [2.05, 4.69) is 159 Å². The second-order valence-electron chi connectivity index (χ2n) is 11.9. The Morgan fingerprint density at radius 1 is 0.468 bits per heavy atom. The van der Waals surface area contributed by atoms with Crippen molar-refractivity contribution < 1.29 is 35.0 Å². The molecule has 0 radical (unpaired) electrons. The van der Waals surface area contributed by atoms with E-state index in [0.29, 0.717) is 0 Å². The molecule has 0 saturated heterocycles. The molecule has 0 aliphatic carbocycles. The van der Waals surface area contributed by atoms with Crippen molar-refractivity contribution in [3.63, 3.8) is 0 Å². The van der Waals surface area contributed by atoms with Crippen LogP contribution < -0.4 is 0 Å². The van der Waals surface area contributed by atoms with Gasteiger partial charge >= 0.3 is 26.2 Å². The maximum atomic E-state index is 5.99. The number of benzene rings is 4. The summed E-state index contributed by atoms with van der Waals surface area (Å²) in [6.07, 6.45) is 4.20. The van der Waals surface area contributed by atoms with Gasteiger partial charge in [0.2, 0.25) is 0 Å². The zero-order valence-corrected chi connectivity index (χ0v) is 29.5. The van der Waals surface area contributed by atoms with E-state index in [0.717, 1.165) is 59.9 Å². The molecule has 0 bridgehead atoms. The van der Waals surface area contributed by atoms with E-state index in [1.807, 2.05) is 0 Å². The summed E-state index contributed by atoms with van der Waals surface area (Å²) in [7, 11) is 0. The van der Waals surface area contributed by atoms with E-state index in [4.69, 9.17) is 8.83 Å². The molecule has 2 heterocycles. The van der Waals surface area contributed by atoms with Gasteiger partial charge in [-0.1, -0.05) is 121 Å². The number of hydrogen-bond acceptors (Lipinski definition) is 2. The summed E-state index contributed by atoms with van der Waals surface area (Å²) in [5, 5.41) is 5.08. The van der Waals surface area contributed by atoms with Crippen LogP contribution in [0.3, 0.4) is 0 Å². The minimum atomic E-state index is 0. The molecule has 6 aromatic carbocycles. The normalized spacial score (nSPS) is 10.9. The molecule has 0 spiro atoms.